The van der Waals surface area contributed by atoms with Crippen LogP contribution in [0.5, 0.6) is 0 Å². The van der Waals surface area contributed by atoms with Crippen LogP contribution < -0.4 is 0 Å². The van der Waals surface area contributed by atoms with E-state index in [1.807, 2.05) is 34.8 Å². The van der Waals surface area contributed by atoms with E-state index in [0.717, 1.165) is 75.6 Å². The van der Waals surface area contributed by atoms with Crippen molar-refractivity contribution in [3.8, 4) is 21.9 Å². The van der Waals surface area contributed by atoms with Crippen molar-refractivity contribution in [3.05, 3.63) is 66.2 Å². The molecule has 0 N–H and O–H groups in total. The molecule has 6 nitrogen and oxygen atoms in total. The Labute approximate surface area is 266 Å². The second-order valence-electron chi connectivity index (χ2n) is 13.4. The second kappa shape index (κ2) is 10.1. The SMILES string of the molecule is [C-]#[N+]C(C#N)=NC1=Cc2sc3c(c2C12CCCCC2)C1(CCCCC1)c1c-3sc2c1C1(CCCCC1)C(N=C(C#N)[N+]#[C-])=C2. The van der Waals surface area contributed by atoms with E-state index in [-0.39, 0.29) is 27.9 Å². The first-order chi connectivity index (χ1) is 21.5. The van der Waals surface area contributed by atoms with Gasteiger partial charge < -0.3 is 9.69 Å². The fourth-order valence-corrected chi connectivity index (χ4v) is 12.8. The highest BCUT2D eigenvalue weighted by molar-refractivity contribution is 7.23. The fraction of sp³-hybridized carbons (Fsp3) is 0.500. The summed E-state index contributed by atoms with van der Waals surface area (Å²) in [6, 6.07) is 4.06. The lowest BCUT2D eigenvalue weighted by atomic mass is 9.59. The van der Waals surface area contributed by atoms with Crippen LogP contribution in [-0.4, -0.2) is 11.7 Å². The van der Waals surface area contributed by atoms with Crippen molar-refractivity contribution in [1.82, 2.24) is 0 Å². The highest BCUT2D eigenvalue weighted by Crippen LogP contribution is 2.71. The molecule has 218 valence electrons. The number of fused-ring (bicyclic) bond motifs is 11. The van der Waals surface area contributed by atoms with Gasteiger partial charge in [0.15, 0.2) is 0 Å². The van der Waals surface area contributed by atoms with Gasteiger partial charge in [-0.3, -0.25) is 0 Å². The molecule has 0 bridgehead atoms. The molecule has 6 aliphatic carbocycles. The zero-order valence-electron chi connectivity index (χ0n) is 24.8. The monoisotopic (exact) mass is 612 g/mol. The van der Waals surface area contributed by atoms with Gasteiger partial charge in [0, 0.05) is 37.1 Å². The second-order valence-corrected chi connectivity index (χ2v) is 15.5. The lowest BCUT2D eigenvalue weighted by Crippen LogP contribution is -2.37. The summed E-state index contributed by atoms with van der Waals surface area (Å²) in [6.07, 6.45) is 21.5. The molecule has 0 aliphatic heterocycles. The molecule has 0 unspecified atom stereocenters. The minimum Gasteiger partial charge on any atom is -0.351 e. The summed E-state index contributed by atoms with van der Waals surface area (Å²) in [4.78, 5) is 21.9. The van der Waals surface area contributed by atoms with E-state index >= 15 is 0 Å². The van der Waals surface area contributed by atoms with Crippen molar-refractivity contribution in [2.24, 2.45) is 9.98 Å². The number of rotatable bonds is 2. The standard InChI is InChI=1S/C36H32N6S2/c1-39-26(20-37)41-24-18-22-28(34(24)12-6-3-7-13-34)30-32(43-22)33-31(36(30)16-10-5-11-17-36)29-23(44-33)19-25(42-27(21-38)40-2)35(29)14-8-4-9-15-35/h18-19H,3-17H2. The number of nitriles is 2. The molecule has 6 aliphatic rings. The molecule has 8 rings (SSSR count). The van der Waals surface area contributed by atoms with Crippen LogP contribution in [-0.2, 0) is 16.2 Å². The number of hydrogen-bond donors (Lipinski definition) is 0. The van der Waals surface area contributed by atoms with Gasteiger partial charge in [-0.1, -0.05) is 70.9 Å². The van der Waals surface area contributed by atoms with E-state index in [1.54, 1.807) is 11.1 Å². The van der Waals surface area contributed by atoms with E-state index in [0.29, 0.717) is 0 Å². The molecule has 2 heterocycles. The molecule has 0 saturated heterocycles. The molecule has 2 aromatic heterocycles. The van der Waals surface area contributed by atoms with Gasteiger partial charge >= 0.3 is 11.7 Å². The third kappa shape index (κ3) is 3.54. The molecule has 8 heteroatoms. The molecular weight excluding hydrogens is 581 g/mol. The van der Waals surface area contributed by atoms with E-state index in [1.165, 1.54) is 62.7 Å². The lowest BCUT2D eigenvalue weighted by molar-refractivity contribution is 0.309. The minimum atomic E-state index is -0.222. The van der Waals surface area contributed by atoms with Crippen LogP contribution >= 0.6 is 22.7 Å². The molecule has 0 atom stereocenters. The molecule has 3 saturated carbocycles. The van der Waals surface area contributed by atoms with Crippen molar-refractivity contribution in [3.63, 3.8) is 0 Å². The molecule has 44 heavy (non-hydrogen) atoms. The third-order valence-electron chi connectivity index (χ3n) is 11.5. The van der Waals surface area contributed by atoms with Crippen LogP contribution in [0.2, 0.25) is 0 Å². The Kier molecular flexibility index (Phi) is 6.36. The first kappa shape index (κ1) is 27.7. The van der Waals surface area contributed by atoms with Crippen LogP contribution in [0.1, 0.15) is 128 Å². The fourth-order valence-electron chi connectivity index (χ4n) is 9.82. The van der Waals surface area contributed by atoms with Gasteiger partial charge in [0.1, 0.15) is 23.5 Å². The number of allylic oxidation sites excluding steroid dienone is 2. The van der Waals surface area contributed by atoms with E-state index in [4.69, 9.17) is 23.1 Å². The maximum absolute atomic E-state index is 9.64. The van der Waals surface area contributed by atoms with Crippen LogP contribution in [0.3, 0.4) is 0 Å². The molecular formula is C36H32N6S2. The topological polar surface area (TPSA) is 81.0 Å². The van der Waals surface area contributed by atoms with Crippen molar-refractivity contribution < 1.29 is 0 Å². The first-order valence-corrected chi connectivity index (χ1v) is 17.7. The van der Waals surface area contributed by atoms with Crippen LogP contribution in [0.15, 0.2) is 21.4 Å². The van der Waals surface area contributed by atoms with Gasteiger partial charge in [-0.15, -0.1) is 32.7 Å². The maximum Gasteiger partial charge on any atom is 0.349 e. The molecule has 0 amide bonds. The highest BCUT2D eigenvalue weighted by atomic mass is 32.1. The van der Waals surface area contributed by atoms with E-state index in [9.17, 15) is 10.5 Å². The molecule has 0 aromatic carbocycles. The third-order valence-corrected chi connectivity index (χ3v) is 13.9. The summed E-state index contributed by atoms with van der Waals surface area (Å²) in [7, 11) is 0. The van der Waals surface area contributed by atoms with Crippen molar-refractivity contribution in [1.29, 1.82) is 10.5 Å². The van der Waals surface area contributed by atoms with E-state index in [2.05, 4.69) is 21.8 Å². The zero-order valence-corrected chi connectivity index (χ0v) is 26.4. The highest BCUT2D eigenvalue weighted by Gasteiger charge is 2.60. The summed E-state index contributed by atoms with van der Waals surface area (Å²) in [5.74, 6) is -0.126. The maximum atomic E-state index is 9.64. The van der Waals surface area contributed by atoms with Gasteiger partial charge in [-0.05, 0) is 60.8 Å². The van der Waals surface area contributed by atoms with Gasteiger partial charge in [-0.2, -0.15) is 0 Å². The number of hydrogen-bond acceptors (Lipinski definition) is 6. The Morgan fingerprint density at radius 1 is 0.591 bits per heavy atom. The predicted octanol–water partition coefficient (Wildman–Crippen LogP) is 9.84. The van der Waals surface area contributed by atoms with Crippen molar-refractivity contribution >= 4 is 46.5 Å². The molecule has 3 spiro atoms. The van der Waals surface area contributed by atoms with E-state index < -0.39 is 0 Å². The lowest BCUT2D eigenvalue weighted by Gasteiger charge is -2.43. The summed E-state index contributed by atoms with van der Waals surface area (Å²) in [6.45, 7) is 15.1. The van der Waals surface area contributed by atoms with Gasteiger partial charge in [-0.25, -0.2) is 10.5 Å². The summed E-state index contributed by atoms with van der Waals surface area (Å²) in [5, 5.41) is 19.3. The Morgan fingerprint density at radius 2 is 0.955 bits per heavy atom. The van der Waals surface area contributed by atoms with Gasteiger partial charge in [0.2, 0.25) is 0 Å². The Morgan fingerprint density at radius 3 is 1.30 bits per heavy atom. The predicted molar refractivity (Wildman–Crippen MR) is 176 cm³/mol. The minimum absolute atomic E-state index is 0.0539. The largest absolute Gasteiger partial charge is 0.351 e. The van der Waals surface area contributed by atoms with Gasteiger partial charge in [0.25, 0.3) is 0 Å². The Balaban J connectivity index is 1.37. The number of aliphatic imine (C=N–C) groups is 2. The summed E-state index contributed by atoms with van der Waals surface area (Å²) in [5.41, 5.74) is 7.41. The number of nitrogens with zero attached hydrogens (tertiary/aromatic N) is 6. The number of thiophene rings is 2. The van der Waals surface area contributed by atoms with Crippen LogP contribution in [0, 0.1) is 35.8 Å². The summed E-state index contributed by atoms with van der Waals surface area (Å²) >= 11 is 3.84. The van der Waals surface area contributed by atoms with Crippen molar-refractivity contribution in [2.75, 3.05) is 0 Å². The normalized spacial score (nSPS) is 23.5. The number of amidine groups is 2. The summed E-state index contributed by atoms with van der Waals surface area (Å²) < 4.78 is 0. The molecule has 2 aromatic rings. The van der Waals surface area contributed by atoms with Gasteiger partial charge in [0.05, 0.1) is 10.8 Å². The smallest absolute Gasteiger partial charge is 0.349 e. The molecule has 0 radical (unpaired) electrons. The van der Waals surface area contributed by atoms with Crippen molar-refractivity contribution in [2.45, 2.75) is 113 Å². The Bertz CT molecular complexity index is 1730. The van der Waals surface area contributed by atoms with Crippen LogP contribution in [0.4, 0.5) is 0 Å². The zero-order chi connectivity index (χ0) is 30.1. The quantitative estimate of drug-likeness (QED) is 0.192. The first-order valence-electron chi connectivity index (χ1n) is 16.1. The van der Waals surface area contributed by atoms with Crippen LogP contribution in [0.25, 0.3) is 31.6 Å². The average molecular weight is 613 g/mol. The molecule has 3 fully saturated rings. The average Bonchev–Trinajstić information content (AvgIpc) is 3.82. The Hall–Kier alpha value is -3.82.